The Labute approximate surface area is 74.9 Å². The highest BCUT2D eigenvalue weighted by atomic mass is 16.1. The van der Waals surface area contributed by atoms with Crippen LogP contribution in [0.4, 0.5) is 0 Å². The van der Waals surface area contributed by atoms with Crippen molar-refractivity contribution >= 4 is 6.29 Å². The van der Waals surface area contributed by atoms with Crippen LogP contribution >= 0.6 is 0 Å². The van der Waals surface area contributed by atoms with Crippen molar-refractivity contribution in [2.24, 2.45) is 5.92 Å². The summed E-state index contributed by atoms with van der Waals surface area (Å²) in [7, 11) is 0. The van der Waals surface area contributed by atoms with Crippen LogP contribution in [-0.2, 0) is 4.79 Å². The van der Waals surface area contributed by atoms with E-state index in [1.807, 2.05) is 6.92 Å². The molecule has 0 saturated heterocycles. The molecule has 0 aromatic carbocycles. The third-order valence-electron chi connectivity index (χ3n) is 2.58. The highest BCUT2D eigenvalue weighted by Gasteiger charge is 2.09. The van der Waals surface area contributed by atoms with Crippen molar-refractivity contribution < 1.29 is 4.79 Å². The zero-order valence-electron chi connectivity index (χ0n) is 7.88. The molecule has 0 aliphatic heterocycles. The van der Waals surface area contributed by atoms with Gasteiger partial charge in [0.05, 0.1) is 0 Å². The van der Waals surface area contributed by atoms with Gasteiger partial charge in [-0.2, -0.15) is 0 Å². The monoisotopic (exact) mass is 166 g/mol. The lowest BCUT2D eigenvalue weighted by Crippen LogP contribution is -1.95. The molecule has 68 valence electrons. The van der Waals surface area contributed by atoms with Crippen molar-refractivity contribution in [2.45, 2.75) is 45.4 Å². The molecule has 1 nitrogen and oxygen atoms in total. The molecule has 1 fully saturated rings. The molecular formula is C11H18O. The Kier molecular flexibility index (Phi) is 4.06. The Balaban J connectivity index is 2.43. The van der Waals surface area contributed by atoms with E-state index in [-0.39, 0.29) is 0 Å². The van der Waals surface area contributed by atoms with Crippen LogP contribution in [0.25, 0.3) is 0 Å². The smallest absolute Gasteiger partial charge is 0.145 e. The molecule has 0 N–H and O–H groups in total. The lowest BCUT2D eigenvalue weighted by molar-refractivity contribution is -0.104. The quantitative estimate of drug-likeness (QED) is 0.350. The average Bonchev–Trinajstić information content (AvgIpc) is 2.33. The summed E-state index contributed by atoms with van der Waals surface area (Å²) < 4.78 is 0. The van der Waals surface area contributed by atoms with Gasteiger partial charge in [0, 0.05) is 0 Å². The van der Waals surface area contributed by atoms with E-state index in [9.17, 15) is 4.79 Å². The molecule has 0 unspecified atom stereocenters. The van der Waals surface area contributed by atoms with Crippen LogP contribution < -0.4 is 0 Å². The molecule has 0 radical (unpaired) electrons. The molecule has 1 saturated carbocycles. The van der Waals surface area contributed by atoms with Crippen LogP contribution in [0.15, 0.2) is 11.6 Å². The zero-order valence-corrected chi connectivity index (χ0v) is 7.88. The van der Waals surface area contributed by atoms with Crippen LogP contribution in [0.1, 0.15) is 45.4 Å². The van der Waals surface area contributed by atoms with Gasteiger partial charge in [0.25, 0.3) is 0 Å². The van der Waals surface area contributed by atoms with Crippen molar-refractivity contribution in [2.75, 3.05) is 0 Å². The first-order valence-electron chi connectivity index (χ1n) is 4.96. The molecule has 1 heteroatoms. The van der Waals surface area contributed by atoms with Crippen molar-refractivity contribution in [1.82, 2.24) is 0 Å². The molecule has 0 heterocycles. The molecular weight excluding hydrogens is 148 g/mol. The van der Waals surface area contributed by atoms with Gasteiger partial charge < -0.3 is 0 Å². The van der Waals surface area contributed by atoms with Crippen LogP contribution in [0, 0.1) is 5.92 Å². The highest BCUT2D eigenvalue weighted by molar-refractivity contribution is 5.72. The molecule has 1 aliphatic carbocycles. The number of aldehydes is 1. The Morgan fingerprint density at radius 2 is 1.75 bits per heavy atom. The minimum atomic E-state index is 0.678. The SMILES string of the molecule is CC(C=O)=CC1CCCCCC1. The summed E-state index contributed by atoms with van der Waals surface area (Å²) in [4.78, 5) is 10.4. The predicted molar refractivity (Wildman–Crippen MR) is 51.0 cm³/mol. The second-order valence-electron chi connectivity index (χ2n) is 3.78. The zero-order chi connectivity index (χ0) is 8.81. The van der Waals surface area contributed by atoms with Crippen LogP contribution in [0.3, 0.4) is 0 Å². The highest BCUT2D eigenvalue weighted by Crippen LogP contribution is 2.24. The topological polar surface area (TPSA) is 17.1 Å². The Bertz CT molecular complexity index is 162. The second-order valence-corrected chi connectivity index (χ2v) is 3.78. The van der Waals surface area contributed by atoms with Gasteiger partial charge in [-0.1, -0.05) is 31.8 Å². The summed E-state index contributed by atoms with van der Waals surface area (Å²) in [6, 6.07) is 0. The van der Waals surface area contributed by atoms with Crippen molar-refractivity contribution in [3.8, 4) is 0 Å². The van der Waals surface area contributed by atoms with Crippen LogP contribution in [-0.4, -0.2) is 6.29 Å². The van der Waals surface area contributed by atoms with Crippen molar-refractivity contribution in [1.29, 1.82) is 0 Å². The third kappa shape index (κ3) is 3.21. The van der Waals surface area contributed by atoms with Crippen molar-refractivity contribution in [3.05, 3.63) is 11.6 Å². The number of rotatable bonds is 2. The molecule has 0 aromatic rings. The maximum absolute atomic E-state index is 10.4. The Morgan fingerprint density at radius 1 is 1.17 bits per heavy atom. The first-order valence-corrected chi connectivity index (χ1v) is 4.96. The van der Waals surface area contributed by atoms with Gasteiger partial charge in [0.15, 0.2) is 0 Å². The van der Waals surface area contributed by atoms with E-state index in [1.165, 1.54) is 38.5 Å². The first-order chi connectivity index (χ1) is 5.83. The van der Waals surface area contributed by atoms with E-state index < -0.39 is 0 Å². The van der Waals surface area contributed by atoms with E-state index in [4.69, 9.17) is 0 Å². The minimum Gasteiger partial charge on any atom is -0.298 e. The molecule has 1 rings (SSSR count). The average molecular weight is 166 g/mol. The van der Waals surface area contributed by atoms with E-state index in [0.29, 0.717) is 5.92 Å². The molecule has 0 aromatic heterocycles. The van der Waals surface area contributed by atoms with E-state index in [0.717, 1.165) is 11.9 Å². The number of carbonyl (C=O) groups excluding carboxylic acids is 1. The fourth-order valence-corrected chi connectivity index (χ4v) is 1.89. The Hall–Kier alpha value is -0.590. The number of carbonyl (C=O) groups is 1. The standard InChI is InChI=1S/C11H18O/c1-10(9-12)8-11-6-4-2-3-5-7-11/h8-9,11H,2-7H2,1H3. The van der Waals surface area contributed by atoms with Crippen LogP contribution in [0.2, 0.25) is 0 Å². The molecule has 12 heavy (non-hydrogen) atoms. The predicted octanol–water partition coefficient (Wildman–Crippen LogP) is 3.10. The van der Waals surface area contributed by atoms with Gasteiger partial charge >= 0.3 is 0 Å². The molecule has 0 bridgehead atoms. The lowest BCUT2D eigenvalue weighted by Gasteiger charge is -2.07. The second kappa shape index (κ2) is 5.13. The number of allylic oxidation sites excluding steroid dienone is 2. The normalized spacial score (nSPS) is 21.9. The van der Waals surface area contributed by atoms with Gasteiger partial charge in [-0.25, -0.2) is 0 Å². The minimum absolute atomic E-state index is 0.678. The number of hydrogen-bond donors (Lipinski definition) is 0. The van der Waals surface area contributed by atoms with Crippen molar-refractivity contribution in [3.63, 3.8) is 0 Å². The van der Waals surface area contributed by atoms with Gasteiger partial charge in [-0.3, -0.25) is 4.79 Å². The van der Waals surface area contributed by atoms with Gasteiger partial charge in [-0.05, 0) is 31.3 Å². The summed E-state index contributed by atoms with van der Waals surface area (Å²) in [5, 5.41) is 0. The summed E-state index contributed by atoms with van der Waals surface area (Å²) in [5.41, 5.74) is 0.905. The summed E-state index contributed by atoms with van der Waals surface area (Å²) in [6.07, 6.45) is 11.1. The summed E-state index contributed by atoms with van der Waals surface area (Å²) in [5.74, 6) is 0.678. The number of hydrogen-bond acceptors (Lipinski definition) is 1. The van der Waals surface area contributed by atoms with E-state index >= 15 is 0 Å². The molecule has 0 amide bonds. The summed E-state index contributed by atoms with van der Waals surface area (Å²) >= 11 is 0. The first kappa shape index (κ1) is 9.50. The maximum atomic E-state index is 10.4. The third-order valence-corrected chi connectivity index (χ3v) is 2.58. The Morgan fingerprint density at radius 3 is 2.25 bits per heavy atom. The van der Waals surface area contributed by atoms with Gasteiger partial charge in [-0.15, -0.1) is 0 Å². The van der Waals surface area contributed by atoms with Gasteiger partial charge in [0.2, 0.25) is 0 Å². The summed E-state index contributed by atoms with van der Waals surface area (Å²) in [6.45, 7) is 1.90. The lowest BCUT2D eigenvalue weighted by atomic mass is 9.98. The fourth-order valence-electron chi connectivity index (χ4n) is 1.89. The van der Waals surface area contributed by atoms with E-state index in [2.05, 4.69) is 6.08 Å². The molecule has 0 spiro atoms. The molecule has 1 aliphatic rings. The maximum Gasteiger partial charge on any atom is 0.145 e. The van der Waals surface area contributed by atoms with Crippen LogP contribution in [0.5, 0.6) is 0 Å². The molecule has 0 atom stereocenters. The van der Waals surface area contributed by atoms with Gasteiger partial charge in [0.1, 0.15) is 6.29 Å². The fraction of sp³-hybridized carbons (Fsp3) is 0.727. The van der Waals surface area contributed by atoms with E-state index in [1.54, 1.807) is 0 Å². The largest absolute Gasteiger partial charge is 0.298 e.